The summed E-state index contributed by atoms with van der Waals surface area (Å²) in [6.07, 6.45) is 3.48. The van der Waals surface area contributed by atoms with Gasteiger partial charge in [0.15, 0.2) is 0 Å². The Morgan fingerprint density at radius 1 is 0.827 bits per heavy atom. The Balaban J connectivity index is 1.54. The van der Waals surface area contributed by atoms with E-state index < -0.39 is 19.8 Å². The summed E-state index contributed by atoms with van der Waals surface area (Å²) < 4.78 is 20.1. The molecule has 4 aromatic rings. The number of ether oxygens (including phenoxy) is 3. The monoisotopic (exact) mass is 725 g/mol. The highest BCUT2D eigenvalue weighted by atomic mass is 28.3. The first-order chi connectivity index (χ1) is 24.6. The van der Waals surface area contributed by atoms with Crippen LogP contribution < -0.4 is 4.74 Å². The summed E-state index contributed by atoms with van der Waals surface area (Å²) in [7, 11) is 2.33. The number of carbonyl (C=O) groups is 2. The summed E-state index contributed by atoms with van der Waals surface area (Å²) in [5.41, 5.74) is 6.44. The van der Waals surface area contributed by atoms with Crippen LogP contribution >= 0.6 is 0 Å². The number of allylic oxidation sites excluding steroid dienone is 1. The van der Waals surface area contributed by atoms with Gasteiger partial charge in [0.1, 0.15) is 24.7 Å². The Labute approximate surface area is 312 Å². The maximum atomic E-state index is 13.0. The zero-order valence-electron chi connectivity index (χ0n) is 32.8. The smallest absolute Gasteiger partial charge is 0.410 e. The molecule has 0 bridgehead atoms. The molecule has 0 N–H and O–H groups in total. The van der Waals surface area contributed by atoms with Crippen molar-refractivity contribution >= 4 is 42.1 Å². The van der Waals surface area contributed by atoms with Crippen LogP contribution in [0.2, 0.25) is 25.7 Å². The number of hydrogen-bond donors (Lipinski definition) is 0. The van der Waals surface area contributed by atoms with Crippen LogP contribution in [0, 0.1) is 0 Å². The van der Waals surface area contributed by atoms with Crippen LogP contribution in [0.5, 0.6) is 5.75 Å². The molecule has 1 aromatic heterocycles. The second kappa shape index (κ2) is 18.4. The van der Waals surface area contributed by atoms with E-state index >= 15 is 0 Å². The number of benzene rings is 3. The fourth-order valence-electron chi connectivity index (χ4n) is 5.95. The molecule has 0 aliphatic carbocycles. The van der Waals surface area contributed by atoms with E-state index in [2.05, 4.69) is 104 Å². The van der Waals surface area contributed by atoms with Crippen LogP contribution in [-0.4, -0.2) is 80.4 Å². The molecule has 52 heavy (non-hydrogen) atoms. The molecule has 0 radical (unpaired) electrons. The maximum Gasteiger partial charge on any atom is 0.410 e. The van der Waals surface area contributed by atoms with Crippen LogP contribution in [-0.2, 0) is 21.0 Å². The molecule has 0 saturated heterocycles. The molecule has 0 unspecified atom stereocenters. The zero-order chi connectivity index (χ0) is 37.9. The third kappa shape index (κ3) is 12.1. The van der Waals surface area contributed by atoms with E-state index in [1.165, 1.54) is 22.1 Å². The summed E-state index contributed by atoms with van der Waals surface area (Å²) in [5, 5.41) is 1.17. The van der Waals surface area contributed by atoms with E-state index in [4.69, 9.17) is 14.2 Å². The molecule has 0 saturated carbocycles. The first-order valence-electron chi connectivity index (χ1n) is 18.5. The number of fused-ring (bicyclic) bond motifs is 1. The van der Waals surface area contributed by atoms with Gasteiger partial charge in [-0.2, -0.15) is 0 Å². The third-order valence-electron chi connectivity index (χ3n) is 8.81. The fourth-order valence-corrected chi connectivity index (χ4v) is 6.70. The lowest BCUT2D eigenvalue weighted by Gasteiger charge is -2.27. The lowest BCUT2D eigenvalue weighted by atomic mass is 9.88. The van der Waals surface area contributed by atoms with Gasteiger partial charge in [-0.3, -0.25) is 4.79 Å². The average molecular weight is 726 g/mol. The van der Waals surface area contributed by atoms with Crippen LogP contribution in [0.3, 0.4) is 0 Å². The highest BCUT2D eigenvalue weighted by Gasteiger charge is 2.23. The highest BCUT2D eigenvalue weighted by Crippen LogP contribution is 2.36. The predicted octanol–water partition coefficient (Wildman–Crippen LogP) is 9.81. The van der Waals surface area contributed by atoms with Crippen molar-refractivity contribution in [2.24, 2.45) is 0 Å². The summed E-state index contributed by atoms with van der Waals surface area (Å²) in [4.78, 5) is 28.3. The molecule has 3 aromatic carbocycles. The van der Waals surface area contributed by atoms with Gasteiger partial charge in [-0.25, -0.2) is 4.79 Å². The zero-order valence-corrected chi connectivity index (χ0v) is 33.8. The first kappa shape index (κ1) is 40.4. The van der Waals surface area contributed by atoms with Gasteiger partial charge < -0.3 is 28.6 Å². The molecule has 1 heterocycles. The first-order valence-corrected chi connectivity index (χ1v) is 22.2. The van der Waals surface area contributed by atoms with Gasteiger partial charge >= 0.3 is 6.09 Å². The molecule has 0 spiro atoms. The Morgan fingerprint density at radius 2 is 1.52 bits per heavy atom. The van der Waals surface area contributed by atoms with Crippen LogP contribution in [0.25, 0.3) is 22.0 Å². The van der Waals surface area contributed by atoms with E-state index in [0.29, 0.717) is 39.3 Å². The number of aromatic nitrogens is 1. The third-order valence-corrected chi connectivity index (χ3v) is 10.5. The van der Waals surface area contributed by atoms with E-state index in [0.717, 1.165) is 41.5 Å². The van der Waals surface area contributed by atoms with E-state index in [9.17, 15) is 9.59 Å². The topological polar surface area (TPSA) is 73.2 Å². The lowest BCUT2D eigenvalue weighted by Crippen LogP contribution is -2.40. The van der Waals surface area contributed by atoms with E-state index in [-0.39, 0.29) is 5.91 Å². The molecule has 9 heteroatoms. The number of amides is 2. The summed E-state index contributed by atoms with van der Waals surface area (Å²) in [6, 6.07) is 28.8. The van der Waals surface area contributed by atoms with Crippen molar-refractivity contribution in [1.29, 1.82) is 0 Å². The van der Waals surface area contributed by atoms with Crippen molar-refractivity contribution in [3.05, 3.63) is 102 Å². The maximum absolute atomic E-state index is 13.0. The van der Waals surface area contributed by atoms with E-state index in [1.54, 1.807) is 23.9 Å². The Hall–Kier alpha value is -4.34. The average Bonchev–Trinajstić information content (AvgIpc) is 3.49. The molecule has 8 nitrogen and oxygen atoms in total. The molecule has 0 aliphatic heterocycles. The van der Waals surface area contributed by atoms with Gasteiger partial charge in [0.05, 0.1) is 12.1 Å². The number of carbonyl (C=O) groups excluding carboxylic acids is 2. The SMILES string of the molecule is CC/C(=C(/c1ccc(OCCN(CCCC(=O)N(C)C)C(=O)OC(C)(C)C)cc1)c1ccc2c(ccn2COCC[Si](C)(C)C)c1)c1ccccc1. The van der Waals surface area contributed by atoms with Gasteiger partial charge in [-0.1, -0.05) is 75.1 Å². The van der Waals surface area contributed by atoms with Gasteiger partial charge in [0, 0.05) is 53.3 Å². The van der Waals surface area contributed by atoms with Gasteiger partial charge in [-0.05, 0) is 97.8 Å². The predicted molar refractivity (Wildman–Crippen MR) is 216 cm³/mol. The molecular formula is C43H59N3O5Si. The van der Waals surface area contributed by atoms with Crippen molar-refractivity contribution in [2.45, 2.75) is 85.0 Å². The number of rotatable bonds is 17. The van der Waals surface area contributed by atoms with Crippen molar-refractivity contribution in [3.8, 4) is 5.75 Å². The van der Waals surface area contributed by atoms with Crippen LogP contribution in [0.1, 0.15) is 63.6 Å². The fraction of sp³-hybridized carbons (Fsp3) is 0.442. The van der Waals surface area contributed by atoms with Crippen molar-refractivity contribution in [3.63, 3.8) is 0 Å². The summed E-state index contributed by atoms with van der Waals surface area (Å²) >= 11 is 0. The second-order valence-corrected chi connectivity index (χ2v) is 21.3. The highest BCUT2D eigenvalue weighted by molar-refractivity contribution is 6.76. The molecule has 2 amide bonds. The normalized spacial score (nSPS) is 12.4. The summed E-state index contributed by atoms with van der Waals surface area (Å²) in [5.74, 6) is 0.748. The van der Waals surface area contributed by atoms with Crippen LogP contribution in [0.15, 0.2) is 85.1 Å². The molecule has 0 aliphatic rings. The van der Waals surface area contributed by atoms with Gasteiger partial charge in [-0.15, -0.1) is 0 Å². The summed E-state index contributed by atoms with van der Waals surface area (Å²) in [6.45, 7) is 17.3. The lowest BCUT2D eigenvalue weighted by molar-refractivity contribution is -0.128. The van der Waals surface area contributed by atoms with Crippen molar-refractivity contribution < 1.29 is 23.8 Å². The molecular weight excluding hydrogens is 667 g/mol. The Kier molecular flexibility index (Phi) is 14.3. The molecule has 280 valence electrons. The van der Waals surface area contributed by atoms with Crippen LogP contribution in [0.4, 0.5) is 4.79 Å². The number of hydrogen-bond acceptors (Lipinski definition) is 5. The number of nitrogens with zero attached hydrogens (tertiary/aromatic N) is 3. The minimum absolute atomic E-state index is 0.0310. The quantitative estimate of drug-likeness (QED) is 0.0616. The largest absolute Gasteiger partial charge is 0.492 e. The van der Waals surface area contributed by atoms with Gasteiger partial charge in [0.2, 0.25) is 5.91 Å². The molecule has 0 atom stereocenters. The standard InChI is InChI=1S/C43H59N3O5Si/c1-10-38(33-15-12-11-13-16-33)41(36-20-23-39-35(31-36)24-26-46(39)32-49-29-30-52(7,8)9)34-18-21-37(22-19-34)50-28-27-45(42(48)51-43(2,3)4)25-14-17-40(47)44(5)6/h11-13,15-16,18-24,26,31H,10,14,17,25,27-30,32H2,1-9H3/b41-38+. The minimum Gasteiger partial charge on any atom is -0.492 e. The second-order valence-electron chi connectivity index (χ2n) is 15.7. The van der Waals surface area contributed by atoms with Crippen molar-refractivity contribution in [1.82, 2.24) is 14.4 Å². The minimum atomic E-state index is -1.14. The Bertz CT molecular complexity index is 1780. The van der Waals surface area contributed by atoms with E-state index in [1.807, 2.05) is 32.9 Å². The van der Waals surface area contributed by atoms with Crippen molar-refractivity contribution in [2.75, 3.05) is 40.4 Å². The Morgan fingerprint density at radius 3 is 2.15 bits per heavy atom. The molecule has 4 rings (SSSR count). The van der Waals surface area contributed by atoms with Gasteiger partial charge in [0.25, 0.3) is 0 Å². The molecule has 0 fully saturated rings.